The molecule has 1 amide bonds. The number of benzene rings is 1. The van der Waals surface area contributed by atoms with Crippen molar-refractivity contribution in [3.63, 3.8) is 0 Å². The average molecular weight is 398 g/mol. The van der Waals surface area contributed by atoms with E-state index in [1.165, 1.54) is 0 Å². The number of fused-ring (bicyclic) bond motifs is 1. The Morgan fingerprint density at radius 2 is 2.14 bits per heavy atom. The maximum Gasteiger partial charge on any atom is 0.253 e. The Morgan fingerprint density at radius 3 is 2.79 bits per heavy atom. The van der Waals surface area contributed by atoms with Gasteiger partial charge in [0, 0.05) is 18.5 Å². The minimum Gasteiger partial charge on any atom is -0.386 e. The Kier molecular flexibility index (Phi) is 6.13. The molecule has 2 atom stereocenters. The first-order chi connectivity index (χ1) is 13.7. The van der Waals surface area contributed by atoms with Crippen LogP contribution < -0.4 is 0 Å². The van der Waals surface area contributed by atoms with Crippen LogP contribution in [0.5, 0.6) is 0 Å². The Morgan fingerprint density at radius 1 is 1.38 bits per heavy atom. The number of ether oxygens (including phenoxy) is 2. The predicted octanol–water partition coefficient (Wildman–Crippen LogP) is 3.87. The molecule has 2 heterocycles. The zero-order valence-electron chi connectivity index (χ0n) is 17.8. The van der Waals surface area contributed by atoms with E-state index < -0.39 is 11.2 Å². The zero-order valence-corrected chi connectivity index (χ0v) is 17.8. The number of likely N-dealkylation sites (tertiary alicyclic amines) is 1. The van der Waals surface area contributed by atoms with E-state index in [9.17, 15) is 9.90 Å². The molecule has 1 unspecified atom stereocenters. The van der Waals surface area contributed by atoms with Crippen molar-refractivity contribution in [2.45, 2.75) is 51.4 Å². The second-order valence-corrected chi connectivity index (χ2v) is 8.31. The molecular formula is C24H31NO4. The molecule has 0 bridgehead atoms. The fourth-order valence-corrected chi connectivity index (χ4v) is 4.21. The van der Waals surface area contributed by atoms with Crippen LogP contribution in [0.15, 0.2) is 54.7 Å². The summed E-state index contributed by atoms with van der Waals surface area (Å²) >= 11 is 0. The summed E-state index contributed by atoms with van der Waals surface area (Å²) in [7, 11) is 0. The highest BCUT2D eigenvalue weighted by Gasteiger charge is 2.51. The highest BCUT2D eigenvalue weighted by Crippen LogP contribution is 2.40. The summed E-state index contributed by atoms with van der Waals surface area (Å²) in [6.45, 7) is 12.8. The van der Waals surface area contributed by atoms with E-state index in [4.69, 9.17) is 9.47 Å². The molecule has 2 aliphatic rings. The van der Waals surface area contributed by atoms with Crippen LogP contribution in [-0.2, 0) is 15.1 Å². The van der Waals surface area contributed by atoms with Crippen molar-refractivity contribution in [3.8, 4) is 0 Å². The van der Waals surface area contributed by atoms with Crippen LogP contribution in [0.2, 0.25) is 0 Å². The Bertz CT molecular complexity index is 849. The summed E-state index contributed by atoms with van der Waals surface area (Å²) in [5.74, 6) is -0.0328. The Hall–Kier alpha value is -2.21. The maximum atomic E-state index is 13.1. The smallest absolute Gasteiger partial charge is 0.253 e. The second-order valence-electron chi connectivity index (χ2n) is 8.31. The molecule has 0 spiro atoms. The van der Waals surface area contributed by atoms with E-state index in [1.54, 1.807) is 19.9 Å². The van der Waals surface area contributed by atoms with Crippen LogP contribution in [0.1, 0.15) is 48.7 Å². The van der Waals surface area contributed by atoms with E-state index in [0.29, 0.717) is 25.1 Å². The molecule has 1 aromatic carbocycles. The third-order valence-corrected chi connectivity index (χ3v) is 5.81. The van der Waals surface area contributed by atoms with Gasteiger partial charge in [0.05, 0.1) is 12.1 Å². The Labute approximate surface area is 173 Å². The molecule has 29 heavy (non-hydrogen) atoms. The van der Waals surface area contributed by atoms with Crippen LogP contribution >= 0.6 is 0 Å². The van der Waals surface area contributed by atoms with E-state index >= 15 is 0 Å². The van der Waals surface area contributed by atoms with Gasteiger partial charge in [-0.2, -0.15) is 0 Å². The van der Waals surface area contributed by atoms with Gasteiger partial charge in [0.2, 0.25) is 0 Å². The summed E-state index contributed by atoms with van der Waals surface area (Å²) in [6, 6.07) is 5.47. The quantitative estimate of drug-likeness (QED) is 0.767. The molecule has 1 N–H and O–H groups in total. The lowest BCUT2D eigenvalue weighted by Crippen LogP contribution is -2.55. The molecule has 1 aromatic rings. The first-order valence-corrected chi connectivity index (χ1v) is 10.1. The first-order valence-electron chi connectivity index (χ1n) is 10.1. The highest BCUT2D eigenvalue weighted by atomic mass is 16.7. The number of hydrogen-bond donors (Lipinski definition) is 1. The van der Waals surface area contributed by atoms with Crippen molar-refractivity contribution in [1.82, 2.24) is 4.90 Å². The van der Waals surface area contributed by atoms with Gasteiger partial charge in [0.25, 0.3) is 5.91 Å². The summed E-state index contributed by atoms with van der Waals surface area (Å²) in [6.07, 6.45) is 8.21. The van der Waals surface area contributed by atoms with Crippen LogP contribution in [0.25, 0.3) is 0 Å². The summed E-state index contributed by atoms with van der Waals surface area (Å²) in [5.41, 5.74) is 1.70. The van der Waals surface area contributed by atoms with Crippen molar-refractivity contribution in [3.05, 3.63) is 71.3 Å². The molecule has 0 saturated carbocycles. The van der Waals surface area contributed by atoms with Crippen LogP contribution in [0.3, 0.4) is 0 Å². The van der Waals surface area contributed by atoms with Crippen molar-refractivity contribution < 1.29 is 19.4 Å². The number of hydrogen-bond acceptors (Lipinski definition) is 4. The number of carbonyl (C=O) groups excluding carboxylic acids is 1. The van der Waals surface area contributed by atoms with Gasteiger partial charge >= 0.3 is 0 Å². The lowest BCUT2D eigenvalue weighted by atomic mass is 9.82. The fourth-order valence-electron chi connectivity index (χ4n) is 4.21. The SMILES string of the molecule is C=C(/C=C\C=C/C)[C@]12CCN(C(=O)c3ccc(C(C)(C)O)c(C)c3)CC1OCO2. The number of aliphatic hydroxyl groups is 1. The number of nitrogens with zero attached hydrogens (tertiary/aromatic N) is 1. The van der Waals surface area contributed by atoms with E-state index in [1.807, 2.05) is 55.2 Å². The predicted molar refractivity (Wildman–Crippen MR) is 114 cm³/mol. The maximum absolute atomic E-state index is 13.1. The average Bonchev–Trinajstić information content (AvgIpc) is 3.10. The summed E-state index contributed by atoms with van der Waals surface area (Å²) < 4.78 is 11.8. The molecule has 3 rings (SSSR count). The molecule has 156 valence electrons. The third kappa shape index (κ3) is 4.22. The van der Waals surface area contributed by atoms with Gasteiger partial charge in [-0.3, -0.25) is 4.79 Å². The minimum atomic E-state index is -0.938. The number of carbonyl (C=O) groups is 1. The number of rotatable bonds is 5. The minimum absolute atomic E-state index is 0.0328. The van der Waals surface area contributed by atoms with Gasteiger partial charge in [-0.25, -0.2) is 0 Å². The number of piperidine rings is 1. The van der Waals surface area contributed by atoms with E-state index in [2.05, 4.69) is 6.58 Å². The first kappa shape index (κ1) is 21.5. The van der Waals surface area contributed by atoms with E-state index in [-0.39, 0.29) is 18.8 Å². The molecule has 2 aliphatic heterocycles. The molecule has 5 nitrogen and oxygen atoms in total. The van der Waals surface area contributed by atoms with Crippen LogP contribution in [0.4, 0.5) is 0 Å². The summed E-state index contributed by atoms with van der Waals surface area (Å²) in [5, 5.41) is 10.3. The van der Waals surface area contributed by atoms with Crippen molar-refractivity contribution in [2.75, 3.05) is 19.9 Å². The lowest BCUT2D eigenvalue weighted by molar-refractivity contribution is -0.00875. The van der Waals surface area contributed by atoms with Gasteiger partial charge in [0.1, 0.15) is 18.5 Å². The van der Waals surface area contributed by atoms with Crippen LogP contribution in [-0.4, -0.2) is 47.5 Å². The van der Waals surface area contributed by atoms with Gasteiger partial charge in [-0.15, -0.1) is 0 Å². The van der Waals surface area contributed by atoms with Crippen molar-refractivity contribution >= 4 is 5.91 Å². The number of aryl methyl sites for hydroxylation is 1. The molecular weight excluding hydrogens is 366 g/mol. The molecule has 5 heteroatoms. The highest BCUT2D eigenvalue weighted by molar-refractivity contribution is 5.94. The van der Waals surface area contributed by atoms with Crippen molar-refractivity contribution in [2.24, 2.45) is 0 Å². The normalized spacial score (nSPS) is 25.0. The van der Waals surface area contributed by atoms with Gasteiger partial charge in [-0.05, 0) is 56.5 Å². The Balaban J connectivity index is 1.76. The molecule has 0 radical (unpaired) electrons. The van der Waals surface area contributed by atoms with E-state index in [0.717, 1.165) is 16.7 Å². The van der Waals surface area contributed by atoms with Gasteiger partial charge < -0.3 is 19.5 Å². The molecule has 0 aromatic heterocycles. The van der Waals surface area contributed by atoms with Crippen molar-refractivity contribution in [1.29, 1.82) is 0 Å². The largest absolute Gasteiger partial charge is 0.386 e. The van der Waals surface area contributed by atoms with Gasteiger partial charge in [-0.1, -0.05) is 36.9 Å². The number of amides is 1. The number of allylic oxidation sites excluding steroid dienone is 3. The molecule has 0 aliphatic carbocycles. The van der Waals surface area contributed by atoms with Gasteiger partial charge in [0.15, 0.2) is 0 Å². The molecule has 2 saturated heterocycles. The summed E-state index contributed by atoms with van der Waals surface area (Å²) in [4.78, 5) is 14.9. The lowest BCUT2D eigenvalue weighted by Gasteiger charge is -2.42. The monoisotopic (exact) mass is 397 g/mol. The van der Waals surface area contributed by atoms with Crippen LogP contribution in [0, 0.1) is 6.92 Å². The third-order valence-electron chi connectivity index (χ3n) is 5.81. The fraction of sp³-hybridized carbons (Fsp3) is 0.458. The zero-order chi connectivity index (χ0) is 21.2. The topological polar surface area (TPSA) is 59.0 Å². The standard InChI is InChI=1S/C24H31NO4/c1-6-7-8-9-18(3)24-12-13-25(15-21(24)28-16-29-24)22(26)19-10-11-20(17(2)14-19)23(4,5)27/h6-11,14,21,27H,3,12-13,15-16H2,1-2,4-5H3/b7-6-,9-8-/t21?,24-/m1/s1. The molecule has 2 fully saturated rings. The second kappa shape index (κ2) is 8.27.